The highest BCUT2D eigenvalue weighted by molar-refractivity contribution is 14.1. The van der Waals surface area contributed by atoms with E-state index in [0.717, 1.165) is 3.57 Å². The molecule has 0 saturated heterocycles. The van der Waals surface area contributed by atoms with E-state index in [1.807, 2.05) is 12.1 Å². The molecule has 0 aliphatic heterocycles. The first-order chi connectivity index (χ1) is 7.13. The number of amides is 1. The van der Waals surface area contributed by atoms with Gasteiger partial charge in [-0.3, -0.25) is 4.79 Å². The molecule has 0 aromatic heterocycles. The maximum atomic E-state index is 11.4. The Hall–Kier alpha value is -0.550. The monoisotopic (exact) mass is 335 g/mol. The number of allylic oxidation sites excluding steroid dienone is 1. The van der Waals surface area contributed by atoms with Gasteiger partial charge in [-0.15, -0.1) is 6.58 Å². The predicted octanol–water partition coefficient (Wildman–Crippen LogP) is 3.85. The van der Waals surface area contributed by atoms with E-state index < -0.39 is 0 Å². The molecule has 0 spiro atoms. The quantitative estimate of drug-likeness (QED) is 0.657. The van der Waals surface area contributed by atoms with Crippen LogP contribution in [0.3, 0.4) is 0 Å². The van der Waals surface area contributed by atoms with Gasteiger partial charge in [0.1, 0.15) is 0 Å². The average molecular weight is 336 g/mol. The van der Waals surface area contributed by atoms with Crippen LogP contribution in [0.15, 0.2) is 30.9 Å². The molecule has 0 fully saturated rings. The first-order valence-corrected chi connectivity index (χ1v) is 5.95. The van der Waals surface area contributed by atoms with Crippen LogP contribution in [0.4, 0.5) is 5.69 Å². The van der Waals surface area contributed by atoms with E-state index in [1.165, 1.54) is 0 Å². The summed E-state index contributed by atoms with van der Waals surface area (Å²) in [6.07, 6.45) is 2.83. The summed E-state index contributed by atoms with van der Waals surface area (Å²) in [6, 6.07) is 5.51. The lowest BCUT2D eigenvalue weighted by Crippen LogP contribution is -2.10. The molecule has 0 aliphatic carbocycles. The number of nitrogens with one attached hydrogen (secondary N) is 1. The molecule has 80 valence electrons. The van der Waals surface area contributed by atoms with E-state index >= 15 is 0 Å². The summed E-state index contributed by atoms with van der Waals surface area (Å²) in [4.78, 5) is 11.4. The van der Waals surface area contributed by atoms with Gasteiger partial charge in [-0.25, -0.2) is 0 Å². The Labute approximate surface area is 108 Å². The number of hydrogen-bond acceptors (Lipinski definition) is 1. The van der Waals surface area contributed by atoms with Gasteiger partial charge in [0.25, 0.3) is 0 Å². The molecule has 0 bridgehead atoms. The molecule has 0 radical (unpaired) electrons. The van der Waals surface area contributed by atoms with E-state index in [1.54, 1.807) is 12.1 Å². The van der Waals surface area contributed by atoms with Gasteiger partial charge in [0.2, 0.25) is 5.91 Å². The molecule has 15 heavy (non-hydrogen) atoms. The van der Waals surface area contributed by atoms with E-state index in [2.05, 4.69) is 34.5 Å². The molecular formula is C11H11ClINO. The summed E-state index contributed by atoms with van der Waals surface area (Å²) in [7, 11) is 0. The van der Waals surface area contributed by atoms with Crippen molar-refractivity contribution in [3.8, 4) is 0 Å². The highest BCUT2D eigenvalue weighted by Gasteiger charge is 2.04. The van der Waals surface area contributed by atoms with Crippen LogP contribution in [-0.4, -0.2) is 5.91 Å². The average Bonchev–Trinajstić information content (AvgIpc) is 2.19. The fraction of sp³-hybridized carbons (Fsp3) is 0.182. The zero-order chi connectivity index (χ0) is 11.3. The van der Waals surface area contributed by atoms with Gasteiger partial charge in [-0.05, 0) is 47.2 Å². The van der Waals surface area contributed by atoms with Gasteiger partial charge in [-0.1, -0.05) is 17.7 Å². The molecule has 4 heteroatoms. The molecule has 2 nitrogen and oxygen atoms in total. The summed E-state index contributed by atoms with van der Waals surface area (Å²) in [6.45, 7) is 3.56. The second-order valence-electron chi connectivity index (χ2n) is 3.00. The molecule has 0 unspecified atom stereocenters. The number of carbonyl (C=O) groups is 1. The summed E-state index contributed by atoms with van der Waals surface area (Å²) < 4.78 is 1.04. The van der Waals surface area contributed by atoms with Crippen LogP contribution in [0, 0.1) is 3.57 Å². The smallest absolute Gasteiger partial charge is 0.224 e. The molecule has 1 aromatic carbocycles. The second-order valence-corrected chi connectivity index (χ2v) is 4.65. The molecule has 1 amide bonds. The highest BCUT2D eigenvalue weighted by atomic mass is 127. The summed E-state index contributed by atoms with van der Waals surface area (Å²) in [5.41, 5.74) is 0.658. The lowest BCUT2D eigenvalue weighted by Gasteiger charge is -2.06. The molecule has 0 atom stereocenters. The molecule has 0 saturated carbocycles. The third-order valence-electron chi connectivity index (χ3n) is 1.78. The minimum atomic E-state index is -0.0435. The molecular weight excluding hydrogens is 324 g/mol. The van der Waals surface area contributed by atoms with Crippen molar-refractivity contribution < 1.29 is 4.79 Å². The van der Waals surface area contributed by atoms with Crippen molar-refractivity contribution in [3.63, 3.8) is 0 Å². The van der Waals surface area contributed by atoms with Crippen molar-refractivity contribution in [2.24, 2.45) is 0 Å². The molecule has 1 rings (SSSR count). The van der Waals surface area contributed by atoms with Crippen molar-refractivity contribution in [2.45, 2.75) is 12.8 Å². The predicted molar refractivity (Wildman–Crippen MR) is 72.2 cm³/mol. The number of hydrogen-bond donors (Lipinski definition) is 1. The van der Waals surface area contributed by atoms with Gasteiger partial charge >= 0.3 is 0 Å². The normalized spacial score (nSPS) is 9.73. The topological polar surface area (TPSA) is 29.1 Å². The van der Waals surface area contributed by atoms with E-state index in [0.29, 0.717) is 23.6 Å². The molecule has 0 heterocycles. The Morgan fingerprint density at radius 1 is 1.60 bits per heavy atom. The number of anilines is 1. The van der Waals surface area contributed by atoms with Crippen molar-refractivity contribution in [1.82, 2.24) is 0 Å². The highest BCUT2D eigenvalue weighted by Crippen LogP contribution is 2.23. The Balaban J connectivity index is 2.64. The first kappa shape index (κ1) is 12.5. The van der Waals surface area contributed by atoms with E-state index in [4.69, 9.17) is 11.6 Å². The fourth-order valence-corrected chi connectivity index (χ4v) is 1.94. The first-order valence-electron chi connectivity index (χ1n) is 4.49. The summed E-state index contributed by atoms with van der Waals surface area (Å²) >= 11 is 8.14. The third kappa shape index (κ3) is 4.22. The Morgan fingerprint density at radius 3 is 2.93 bits per heavy atom. The molecule has 0 aliphatic rings. The third-order valence-corrected chi connectivity index (χ3v) is 2.76. The summed E-state index contributed by atoms with van der Waals surface area (Å²) in [5.74, 6) is -0.0435. The fourth-order valence-electron chi connectivity index (χ4n) is 1.04. The Bertz CT molecular complexity index is 379. The van der Waals surface area contributed by atoms with E-state index in [9.17, 15) is 4.79 Å². The van der Waals surface area contributed by atoms with E-state index in [-0.39, 0.29) is 5.91 Å². The Morgan fingerprint density at radius 2 is 2.33 bits per heavy atom. The minimum absolute atomic E-state index is 0.0435. The number of halogens is 2. The second kappa shape index (κ2) is 6.12. The van der Waals surface area contributed by atoms with Crippen LogP contribution < -0.4 is 5.32 Å². The molecule has 1 aromatic rings. The number of benzene rings is 1. The lowest BCUT2D eigenvalue weighted by atomic mass is 10.2. The SMILES string of the molecule is C=CCCC(=O)Nc1ccc(I)cc1Cl. The zero-order valence-electron chi connectivity index (χ0n) is 8.09. The van der Waals surface area contributed by atoms with Gasteiger partial charge in [0.15, 0.2) is 0 Å². The zero-order valence-corrected chi connectivity index (χ0v) is 11.0. The van der Waals surface area contributed by atoms with Crippen molar-refractivity contribution >= 4 is 45.8 Å². The maximum absolute atomic E-state index is 11.4. The van der Waals surface area contributed by atoms with Crippen molar-refractivity contribution in [1.29, 1.82) is 0 Å². The van der Waals surface area contributed by atoms with Gasteiger partial charge in [0.05, 0.1) is 10.7 Å². The maximum Gasteiger partial charge on any atom is 0.224 e. The van der Waals surface area contributed by atoms with Crippen molar-refractivity contribution in [2.75, 3.05) is 5.32 Å². The van der Waals surface area contributed by atoms with Crippen LogP contribution in [-0.2, 0) is 4.79 Å². The van der Waals surface area contributed by atoms with Gasteiger partial charge in [0, 0.05) is 9.99 Å². The summed E-state index contributed by atoms with van der Waals surface area (Å²) in [5, 5.41) is 3.31. The van der Waals surface area contributed by atoms with Gasteiger partial charge in [-0.2, -0.15) is 0 Å². The van der Waals surface area contributed by atoms with Gasteiger partial charge < -0.3 is 5.32 Å². The molecule has 1 N–H and O–H groups in total. The minimum Gasteiger partial charge on any atom is -0.325 e. The standard InChI is InChI=1S/C11H11ClINO/c1-2-3-4-11(15)14-10-6-5-8(13)7-9(10)12/h2,5-7H,1,3-4H2,(H,14,15). The Kier molecular flexibility index (Phi) is 5.11. The lowest BCUT2D eigenvalue weighted by molar-refractivity contribution is -0.116. The van der Waals surface area contributed by atoms with Crippen molar-refractivity contribution in [3.05, 3.63) is 39.4 Å². The largest absolute Gasteiger partial charge is 0.325 e. The van der Waals surface area contributed by atoms with Crippen LogP contribution in [0.25, 0.3) is 0 Å². The van der Waals surface area contributed by atoms with Crippen LogP contribution in [0.1, 0.15) is 12.8 Å². The number of carbonyl (C=O) groups excluding carboxylic acids is 1. The van der Waals surface area contributed by atoms with Crippen LogP contribution >= 0.6 is 34.2 Å². The van der Waals surface area contributed by atoms with Crippen LogP contribution in [0.5, 0.6) is 0 Å². The van der Waals surface area contributed by atoms with Crippen LogP contribution in [0.2, 0.25) is 5.02 Å². The number of rotatable bonds is 4.